The highest BCUT2D eigenvalue weighted by atomic mass is 32.1. The Labute approximate surface area is 190 Å². The van der Waals surface area contributed by atoms with Gasteiger partial charge in [0.05, 0.1) is 33.8 Å². The summed E-state index contributed by atoms with van der Waals surface area (Å²) in [5.41, 5.74) is -3.00. The Balaban J connectivity index is 1.97. The predicted molar refractivity (Wildman–Crippen MR) is 110 cm³/mol. The highest BCUT2D eigenvalue weighted by Gasteiger charge is 2.36. The van der Waals surface area contributed by atoms with Crippen LogP contribution in [0.1, 0.15) is 25.7 Å². The largest absolute Gasteiger partial charge is 0.426 e. The highest BCUT2D eigenvalue weighted by Crippen LogP contribution is 2.38. The zero-order valence-electron chi connectivity index (χ0n) is 16.9. The molecule has 3 aromatic heterocycles. The van der Waals surface area contributed by atoms with Crippen molar-refractivity contribution < 1.29 is 31.7 Å². The fourth-order valence-corrected chi connectivity index (χ4v) is 3.60. The normalized spacial score (nSPS) is 11.3. The van der Waals surface area contributed by atoms with Crippen LogP contribution in [0, 0.1) is 22.0 Å². The Kier molecular flexibility index (Phi) is 6.82. The Bertz CT molecular complexity index is 1380. The molecule has 0 bridgehead atoms. The van der Waals surface area contributed by atoms with Gasteiger partial charge in [-0.2, -0.15) is 18.3 Å². The molecule has 15 heteroatoms. The Morgan fingerprint density at radius 1 is 1.29 bits per heavy atom. The molecule has 0 atom stereocenters. The van der Waals surface area contributed by atoms with Crippen molar-refractivity contribution in [1.29, 1.82) is 0 Å². The van der Waals surface area contributed by atoms with Crippen LogP contribution in [0.2, 0.25) is 0 Å². The van der Waals surface area contributed by atoms with Crippen LogP contribution in [-0.4, -0.2) is 31.6 Å². The second-order valence-corrected chi connectivity index (χ2v) is 7.73. The van der Waals surface area contributed by atoms with Crippen molar-refractivity contribution in [3.63, 3.8) is 0 Å². The average Bonchev–Trinajstić information content (AvgIpc) is 3.34. The minimum absolute atomic E-state index is 0.0799. The molecule has 3 rings (SSSR count). The number of thiophene rings is 1. The predicted octanol–water partition coefficient (Wildman–Crippen LogP) is 3.49. The van der Waals surface area contributed by atoms with E-state index in [2.05, 4.69) is 22.3 Å². The van der Waals surface area contributed by atoms with Gasteiger partial charge in [0.1, 0.15) is 4.88 Å². The molecule has 0 unspecified atom stereocenters. The number of alkyl halides is 5. The maximum atomic E-state index is 13.5. The molecular weight excluding hydrogens is 489 g/mol. The van der Waals surface area contributed by atoms with Gasteiger partial charge in [-0.15, -0.1) is 11.3 Å². The molecule has 1 amide bonds. The van der Waals surface area contributed by atoms with Crippen molar-refractivity contribution in [3.8, 4) is 11.8 Å². The molecule has 0 aliphatic heterocycles. The lowest BCUT2D eigenvalue weighted by Crippen LogP contribution is -2.26. The number of hydrogen-bond acceptors (Lipinski definition) is 6. The van der Waals surface area contributed by atoms with Gasteiger partial charge in [-0.3, -0.25) is 24.4 Å². The van der Waals surface area contributed by atoms with Crippen molar-refractivity contribution in [2.24, 2.45) is 7.05 Å². The molecule has 0 radical (unpaired) electrons. The van der Waals surface area contributed by atoms with Gasteiger partial charge in [-0.1, -0.05) is 11.8 Å². The monoisotopic (exact) mass is 501 g/mol. The number of pyridine rings is 1. The summed E-state index contributed by atoms with van der Waals surface area (Å²) in [6.07, 6.45) is -4.31. The minimum atomic E-state index is -4.83. The van der Waals surface area contributed by atoms with E-state index in [4.69, 9.17) is 0 Å². The van der Waals surface area contributed by atoms with Gasteiger partial charge < -0.3 is 9.88 Å². The molecule has 0 aliphatic rings. The van der Waals surface area contributed by atoms with Gasteiger partial charge >= 0.3 is 17.4 Å². The van der Waals surface area contributed by atoms with Crippen molar-refractivity contribution >= 4 is 28.6 Å². The maximum absolute atomic E-state index is 13.5. The smallest absolute Gasteiger partial charge is 0.320 e. The van der Waals surface area contributed by atoms with Crippen molar-refractivity contribution in [2.75, 3.05) is 5.32 Å². The zero-order valence-corrected chi connectivity index (χ0v) is 17.7. The van der Waals surface area contributed by atoms with Gasteiger partial charge in [-0.25, -0.2) is 8.78 Å². The molecule has 1 N–H and O–H groups in total. The zero-order chi connectivity index (χ0) is 25.2. The molecule has 0 spiro atoms. The Hall–Kier alpha value is -4.06. The molecule has 9 nitrogen and oxygen atoms in total. The molecule has 34 heavy (non-hydrogen) atoms. The lowest BCUT2D eigenvalue weighted by Gasteiger charge is -2.09. The number of aryl methyl sites for hydroxylation is 1. The summed E-state index contributed by atoms with van der Waals surface area (Å²) in [4.78, 5) is 32.8. The fraction of sp³-hybridized carbons (Fsp3) is 0.211. The van der Waals surface area contributed by atoms with Crippen LogP contribution in [0.5, 0.6) is 0 Å². The molecule has 3 heterocycles. The Morgan fingerprint density at radius 2 is 2.00 bits per heavy atom. The molecule has 0 saturated carbocycles. The van der Waals surface area contributed by atoms with Crippen molar-refractivity contribution in [2.45, 2.75) is 19.1 Å². The van der Waals surface area contributed by atoms with Gasteiger partial charge in [0, 0.05) is 31.1 Å². The van der Waals surface area contributed by atoms with E-state index in [1.165, 1.54) is 17.1 Å². The van der Waals surface area contributed by atoms with E-state index in [1.54, 1.807) is 7.05 Å². The van der Waals surface area contributed by atoms with Crippen LogP contribution in [0.3, 0.4) is 0 Å². The average molecular weight is 501 g/mol. The number of hydrogen-bond donors (Lipinski definition) is 1. The van der Waals surface area contributed by atoms with E-state index in [-0.39, 0.29) is 11.3 Å². The van der Waals surface area contributed by atoms with Crippen LogP contribution in [0.15, 0.2) is 35.5 Å². The second kappa shape index (κ2) is 9.43. The van der Waals surface area contributed by atoms with Crippen LogP contribution >= 0.6 is 11.3 Å². The number of aromatic nitrogens is 3. The van der Waals surface area contributed by atoms with Crippen molar-refractivity contribution in [1.82, 2.24) is 14.3 Å². The first-order chi connectivity index (χ1) is 15.8. The van der Waals surface area contributed by atoms with Gasteiger partial charge in [-0.05, 0) is 6.07 Å². The first-order valence-electron chi connectivity index (χ1n) is 9.05. The number of nitrogens with zero attached hydrogens (tertiary/aromatic N) is 4. The van der Waals surface area contributed by atoms with E-state index in [1.807, 2.05) is 0 Å². The van der Waals surface area contributed by atoms with E-state index in [9.17, 15) is 41.7 Å². The summed E-state index contributed by atoms with van der Waals surface area (Å²) < 4.78 is 67.5. The van der Waals surface area contributed by atoms with Crippen LogP contribution in [0.4, 0.5) is 33.3 Å². The van der Waals surface area contributed by atoms with Gasteiger partial charge in [0.15, 0.2) is 0 Å². The third-order valence-electron chi connectivity index (χ3n) is 4.12. The SMILES string of the molecule is Cn1cc(C#Cc2cc(C(=O)Nc3cc([N+](=O)[O-])c(=O)n(CC(F)F)c3)sc2C(F)(F)F)cn1. The summed E-state index contributed by atoms with van der Waals surface area (Å²) in [5.74, 6) is 3.74. The summed E-state index contributed by atoms with van der Waals surface area (Å²) in [5, 5.41) is 17.0. The first-order valence-corrected chi connectivity index (χ1v) is 9.87. The van der Waals surface area contributed by atoms with E-state index < -0.39 is 62.2 Å². The summed E-state index contributed by atoms with van der Waals surface area (Å²) in [6, 6.07) is 1.51. The fourth-order valence-electron chi connectivity index (χ4n) is 2.73. The summed E-state index contributed by atoms with van der Waals surface area (Å²) >= 11 is 0.0799. The molecule has 3 aromatic rings. The molecule has 0 aliphatic carbocycles. The molecule has 0 aromatic carbocycles. The molecule has 0 fully saturated rings. The Morgan fingerprint density at radius 3 is 2.56 bits per heavy atom. The first kappa shape index (κ1) is 24.6. The van der Waals surface area contributed by atoms with E-state index in [0.717, 1.165) is 12.3 Å². The number of amides is 1. The summed E-state index contributed by atoms with van der Waals surface area (Å²) in [6.45, 7) is -1.19. The highest BCUT2D eigenvalue weighted by molar-refractivity contribution is 7.14. The minimum Gasteiger partial charge on any atom is -0.320 e. The quantitative estimate of drug-likeness (QED) is 0.249. The lowest BCUT2D eigenvalue weighted by molar-refractivity contribution is -0.386. The topological polar surface area (TPSA) is 112 Å². The number of carbonyl (C=O) groups is 1. The molecular formula is C19H12F5N5O4S. The van der Waals surface area contributed by atoms with Crippen LogP contribution in [-0.2, 0) is 19.8 Å². The van der Waals surface area contributed by atoms with Gasteiger partial charge in [0.25, 0.3) is 12.3 Å². The number of nitrogens with one attached hydrogen (secondary N) is 1. The van der Waals surface area contributed by atoms with E-state index >= 15 is 0 Å². The number of carbonyl (C=O) groups excluding carboxylic acids is 1. The number of nitro groups is 1. The molecule has 178 valence electrons. The number of anilines is 1. The van der Waals surface area contributed by atoms with Crippen LogP contribution < -0.4 is 10.9 Å². The van der Waals surface area contributed by atoms with E-state index in [0.29, 0.717) is 16.2 Å². The lowest BCUT2D eigenvalue weighted by atomic mass is 10.2. The number of halogens is 5. The van der Waals surface area contributed by atoms with Crippen molar-refractivity contribution in [3.05, 3.63) is 72.1 Å². The second-order valence-electron chi connectivity index (χ2n) is 6.68. The molecule has 0 saturated heterocycles. The third kappa shape index (κ3) is 5.64. The van der Waals surface area contributed by atoms with Crippen LogP contribution in [0.25, 0.3) is 0 Å². The van der Waals surface area contributed by atoms with Gasteiger partial charge in [0.2, 0.25) is 0 Å². The standard InChI is InChI=1S/C19H12F5N5O4S/c1-27-7-10(6-25-27)2-3-11-4-14(34-16(11)19(22,23)24)17(30)26-12-5-13(29(32)33)18(31)28(8-12)9-15(20)21/h4-8,15H,9H2,1H3,(H,26,30). The number of rotatable bonds is 5. The maximum Gasteiger partial charge on any atom is 0.426 e. The third-order valence-corrected chi connectivity index (χ3v) is 5.29. The summed E-state index contributed by atoms with van der Waals surface area (Å²) in [7, 11) is 1.59.